The maximum atomic E-state index is 11.7. The third-order valence-corrected chi connectivity index (χ3v) is 6.18. The summed E-state index contributed by atoms with van der Waals surface area (Å²) in [6, 6.07) is 0. The lowest BCUT2D eigenvalue weighted by atomic mass is 9.85. The van der Waals surface area contributed by atoms with Gasteiger partial charge in [0.2, 0.25) is 0 Å². The van der Waals surface area contributed by atoms with Crippen molar-refractivity contribution in [2.24, 2.45) is 0 Å². The number of hydrogen-bond donors (Lipinski definition) is 1. The van der Waals surface area contributed by atoms with Crippen LogP contribution in [0.25, 0.3) is 0 Å². The Morgan fingerprint density at radius 3 is 2.50 bits per heavy atom. The lowest BCUT2D eigenvalue weighted by Gasteiger charge is -2.37. The molecule has 1 aromatic heterocycles. The Balaban J connectivity index is 2.46. The van der Waals surface area contributed by atoms with Crippen LogP contribution in [0.1, 0.15) is 34.8 Å². The first-order valence-corrected chi connectivity index (χ1v) is 7.53. The summed E-state index contributed by atoms with van der Waals surface area (Å²) in [4.78, 5) is 14.6. The number of rotatable bonds is 3. The van der Waals surface area contributed by atoms with Crippen molar-refractivity contribution in [1.82, 2.24) is 4.98 Å². The molecule has 0 unspecified atom stereocenters. The topological polar surface area (TPSA) is 84.3 Å². The van der Waals surface area contributed by atoms with E-state index in [0.29, 0.717) is 17.8 Å². The molecular weight excluding hydrogens is 250 g/mol. The van der Waals surface area contributed by atoms with Crippen LogP contribution in [0, 0.1) is 0 Å². The maximum Gasteiger partial charge on any atom is 0.355 e. The molecule has 1 heterocycles. The quantitative estimate of drug-likeness (QED) is 0.885. The minimum absolute atomic E-state index is 0.0741. The van der Waals surface area contributed by atoms with Gasteiger partial charge in [-0.05, 0) is 19.3 Å². The Morgan fingerprint density at radius 1 is 1.56 bits per heavy atom. The molecule has 0 aliphatic heterocycles. The van der Waals surface area contributed by atoms with E-state index in [4.69, 9.17) is 5.11 Å². The summed E-state index contributed by atoms with van der Waals surface area (Å²) in [6.07, 6.45) is 3.11. The molecule has 16 heavy (non-hydrogen) atoms. The molecule has 1 saturated carbocycles. The lowest BCUT2D eigenvalue weighted by molar-refractivity contribution is 0.0691. The van der Waals surface area contributed by atoms with E-state index in [1.165, 1.54) is 11.6 Å². The second-order valence-electron chi connectivity index (χ2n) is 3.96. The second-order valence-corrected chi connectivity index (χ2v) is 7.15. The zero-order valence-corrected chi connectivity index (χ0v) is 10.3. The van der Waals surface area contributed by atoms with Crippen molar-refractivity contribution in [2.75, 3.05) is 6.26 Å². The fourth-order valence-corrected chi connectivity index (χ4v) is 4.76. The molecule has 0 amide bonds. The summed E-state index contributed by atoms with van der Waals surface area (Å²) in [5.41, 5.74) is -0.0741. The van der Waals surface area contributed by atoms with Crippen molar-refractivity contribution in [3.63, 3.8) is 0 Å². The summed E-state index contributed by atoms with van der Waals surface area (Å²) in [5, 5.41) is 10.6. The average molecular weight is 261 g/mol. The summed E-state index contributed by atoms with van der Waals surface area (Å²) < 4.78 is 22.5. The molecule has 0 bridgehead atoms. The van der Waals surface area contributed by atoms with Gasteiger partial charge in [-0.2, -0.15) is 0 Å². The van der Waals surface area contributed by atoms with Crippen LogP contribution in [0.4, 0.5) is 0 Å². The van der Waals surface area contributed by atoms with Crippen molar-refractivity contribution >= 4 is 27.1 Å². The minimum Gasteiger partial charge on any atom is -0.476 e. The van der Waals surface area contributed by atoms with Crippen LogP contribution in [0.15, 0.2) is 5.38 Å². The number of thiazole rings is 1. The highest BCUT2D eigenvalue weighted by atomic mass is 32.2. The zero-order chi connectivity index (χ0) is 12.0. The third-order valence-electron chi connectivity index (χ3n) is 2.98. The van der Waals surface area contributed by atoms with Gasteiger partial charge in [0.05, 0.1) is 0 Å². The average Bonchev–Trinajstić information content (AvgIpc) is 2.47. The first kappa shape index (κ1) is 11.5. The van der Waals surface area contributed by atoms with E-state index in [0.717, 1.165) is 17.8 Å². The van der Waals surface area contributed by atoms with Crippen LogP contribution >= 0.6 is 11.3 Å². The molecule has 1 aliphatic carbocycles. The number of hydrogen-bond acceptors (Lipinski definition) is 5. The summed E-state index contributed by atoms with van der Waals surface area (Å²) >= 11 is 1.12. The van der Waals surface area contributed by atoms with E-state index in [-0.39, 0.29) is 5.69 Å². The molecule has 1 N–H and O–H groups in total. The number of aromatic carboxylic acids is 1. The van der Waals surface area contributed by atoms with Gasteiger partial charge in [0.1, 0.15) is 9.75 Å². The van der Waals surface area contributed by atoms with Gasteiger partial charge < -0.3 is 5.11 Å². The zero-order valence-electron chi connectivity index (χ0n) is 8.63. The Bertz CT molecular complexity index is 527. The fourth-order valence-electron chi connectivity index (χ4n) is 1.82. The van der Waals surface area contributed by atoms with Crippen molar-refractivity contribution < 1.29 is 18.3 Å². The minimum atomic E-state index is -3.24. The van der Waals surface area contributed by atoms with Crippen LogP contribution < -0.4 is 0 Å². The lowest BCUT2D eigenvalue weighted by Crippen LogP contribution is -2.41. The van der Waals surface area contributed by atoms with E-state index in [1.54, 1.807) is 0 Å². The van der Waals surface area contributed by atoms with E-state index >= 15 is 0 Å². The van der Waals surface area contributed by atoms with E-state index in [1.807, 2.05) is 0 Å². The van der Waals surface area contributed by atoms with Crippen molar-refractivity contribution in [3.8, 4) is 0 Å². The molecule has 0 radical (unpaired) electrons. The molecule has 5 nitrogen and oxygen atoms in total. The van der Waals surface area contributed by atoms with Crippen LogP contribution in [0.3, 0.4) is 0 Å². The molecule has 1 aliphatic rings. The van der Waals surface area contributed by atoms with E-state index in [2.05, 4.69) is 4.98 Å². The van der Waals surface area contributed by atoms with Crippen molar-refractivity contribution in [2.45, 2.75) is 24.0 Å². The van der Waals surface area contributed by atoms with Crippen LogP contribution in [-0.4, -0.2) is 30.7 Å². The number of nitrogens with zero attached hydrogens (tertiary/aromatic N) is 1. The molecule has 1 aromatic rings. The molecule has 0 atom stereocenters. The highest BCUT2D eigenvalue weighted by Gasteiger charge is 2.50. The van der Waals surface area contributed by atoms with Gasteiger partial charge in [-0.25, -0.2) is 18.2 Å². The molecule has 7 heteroatoms. The number of carbonyl (C=O) groups is 1. The molecule has 0 saturated heterocycles. The smallest absolute Gasteiger partial charge is 0.355 e. The number of sulfone groups is 1. The Kier molecular flexibility index (Phi) is 2.54. The predicted octanol–water partition coefficient (Wildman–Crippen LogP) is 1.27. The number of carboxylic acid groups (broad SMARTS) is 1. The Morgan fingerprint density at radius 2 is 2.19 bits per heavy atom. The molecule has 0 spiro atoms. The Labute approximate surface area is 97.1 Å². The monoisotopic (exact) mass is 261 g/mol. The largest absolute Gasteiger partial charge is 0.476 e. The standard InChI is InChI=1S/C9H11NO4S2/c1-16(13,14)9(3-2-4-9)8-10-6(5-15-8)7(11)12/h5H,2-4H2,1H3,(H,11,12). The second kappa shape index (κ2) is 3.53. The van der Waals surface area contributed by atoms with Gasteiger partial charge in [-0.3, -0.25) is 0 Å². The van der Waals surface area contributed by atoms with Gasteiger partial charge >= 0.3 is 5.97 Å². The van der Waals surface area contributed by atoms with Gasteiger partial charge in [0, 0.05) is 11.6 Å². The number of carboxylic acids is 1. The van der Waals surface area contributed by atoms with E-state index in [9.17, 15) is 13.2 Å². The predicted molar refractivity (Wildman–Crippen MR) is 59.4 cm³/mol. The van der Waals surface area contributed by atoms with E-state index < -0.39 is 20.6 Å². The molecule has 2 rings (SSSR count). The van der Waals surface area contributed by atoms with Gasteiger partial charge in [-0.15, -0.1) is 11.3 Å². The van der Waals surface area contributed by atoms with Crippen LogP contribution in [0.5, 0.6) is 0 Å². The molecule has 88 valence electrons. The molecular formula is C9H11NO4S2. The van der Waals surface area contributed by atoms with Crippen molar-refractivity contribution in [3.05, 3.63) is 16.1 Å². The summed E-state index contributed by atoms with van der Waals surface area (Å²) in [7, 11) is -3.24. The molecule has 0 aromatic carbocycles. The normalized spacial score (nSPS) is 19.1. The summed E-state index contributed by atoms with van der Waals surface area (Å²) in [5.74, 6) is -1.12. The fraction of sp³-hybridized carbons (Fsp3) is 0.556. The van der Waals surface area contributed by atoms with Gasteiger partial charge in [-0.1, -0.05) is 0 Å². The first-order valence-electron chi connectivity index (χ1n) is 4.76. The SMILES string of the molecule is CS(=O)(=O)C1(c2nc(C(=O)O)cs2)CCC1. The number of aromatic nitrogens is 1. The van der Waals surface area contributed by atoms with Crippen LogP contribution in [-0.2, 0) is 14.6 Å². The maximum absolute atomic E-state index is 11.7. The van der Waals surface area contributed by atoms with Gasteiger partial charge in [0.15, 0.2) is 15.5 Å². The Hall–Kier alpha value is -0.950. The molecule has 1 fully saturated rings. The highest BCUT2D eigenvalue weighted by Crippen LogP contribution is 2.48. The highest BCUT2D eigenvalue weighted by molar-refractivity contribution is 7.91. The van der Waals surface area contributed by atoms with Crippen LogP contribution in [0.2, 0.25) is 0 Å². The first-order chi connectivity index (χ1) is 7.37. The third kappa shape index (κ3) is 1.54. The van der Waals surface area contributed by atoms with Crippen molar-refractivity contribution in [1.29, 1.82) is 0 Å². The van der Waals surface area contributed by atoms with Gasteiger partial charge in [0.25, 0.3) is 0 Å². The summed E-state index contributed by atoms with van der Waals surface area (Å²) in [6.45, 7) is 0.